The number of rotatable bonds is 8. The van der Waals surface area contributed by atoms with Gasteiger partial charge in [-0.25, -0.2) is 0 Å². The second-order valence-electron chi connectivity index (χ2n) is 5.20. The molecule has 1 heterocycles. The first-order chi connectivity index (χ1) is 9.79. The van der Waals surface area contributed by atoms with Crippen LogP contribution in [0.3, 0.4) is 0 Å². The van der Waals surface area contributed by atoms with E-state index in [0.29, 0.717) is 6.04 Å². The van der Waals surface area contributed by atoms with Crippen LogP contribution >= 0.6 is 0 Å². The maximum Gasteiger partial charge on any atom is 0.121 e. The fourth-order valence-electron chi connectivity index (χ4n) is 2.21. The molecule has 0 amide bonds. The van der Waals surface area contributed by atoms with Crippen molar-refractivity contribution in [1.29, 1.82) is 0 Å². The summed E-state index contributed by atoms with van der Waals surface area (Å²) in [5.41, 5.74) is 0.989. The molecule has 3 heteroatoms. The smallest absolute Gasteiger partial charge is 0.121 e. The van der Waals surface area contributed by atoms with Crippen LogP contribution < -0.4 is 10.1 Å². The molecule has 1 aromatic heterocycles. The third kappa shape index (κ3) is 4.49. The molecule has 1 atom stereocenters. The average molecular weight is 272 g/mol. The minimum Gasteiger partial charge on any atom is -0.494 e. The van der Waals surface area contributed by atoms with Crippen molar-refractivity contribution in [3.63, 3.8) is 0 Å². The summed E-state index contributed by atoms with van der Waals surface area (Å²) >= 11 is 0. The van der Waals surface area contributed by atoms with Crippen molar-refractivity contribution in [2.75, 3.05) is 13.2 Å². The quantitative estimate of drug-likeness (QED) is 0.743. The van der Waals surface area contributed by atoms with Crippen molar-refractivity contribution < 1.29 is 4.74 Å². The van der Waals surface area contributed by atoms with Gasteiger partial charge in [-0.3, -0.25) is 4.98 Å². The molecule has 0 saturated carbocycles. The van der Waals surface area contributed by atoms with Gasteiger partial charge in [0.1, 0.15) is 5.75 Å². The number of nitrogens with zero attached hydrogens (tertiary/aromatic N) is 1. The van der Waals surface area contributed by atoms with Crippen molar-refractivity contribution in [3.05, 3.63) is 36.5 Å². The van der Waals surface area contributed by atoms with Gasteiger partial charge in [-0.2, -0.15) is 0 Å². The molecule has 1 unspecified atom stereocenters. The number of aromatic nitrogens is 1. The number of hydrogen-bond acceptors (Lipinski definition) is 3. The Labute approximate surface area is 121 Å². The summed E-state index contributed by atoms with van der Waals surface area (Å²) in [6, 6.07) is 10.7. The lowest BCUT2D eigenvalue weighted by Crippen LogP contribution is -2.26. The lowest BCUT2D eigenvalue weighted by molar-refractivity contribution is 0.298. The van der Waals surface area contributed by atoms with Crippen LogP contribution in [0.15, 0.2) is 36.5 Å². The number of nitrogens with one attached hydrogen (secondary N) is 1. The van der Waals surface area contributed by atoms with Crippen LogP contribution in [0.4, 0.5) is 0 Å². The molecule has 0 fully saturated rings. The summed E-state index contributed by atoms with van der Waals surface area (Å²) in [5, 5.41) is 4.64. The molecule has 1 aromatic carbocycles. The van der Waals surface area contributed by atoms with Gasteiger partial charge in [-0.15, -0.1) is 0 Å². The van der Waals surface area contributed by atoms with Crippen molar-refractivity contribution in [2.45, 2.75) is 39.2 Å². The number of benzene rings is 1. The topological polar surface area (TPSA) is 34.1 Å². The van der Waals surface area contributed by atoms with E-state index in [0.717, 1.165) is 42.6 Å². The zero-order chi connectivity index (χ0) is 14.2. The van der Waals surface area contributed by atoms with E-state index in [4.69, 9.17) is 4.74 Å². The van der Waals surface area contributed by atoms with E-state index in [1.54, 1.807) is 0 Å². The van der Waals surface area contributed by atoms with Gasteiger partial charge in [0.2, 0.25) is 0 Å². The zero-order valence-corrected chi connectivity index (χ0v) is 12.4. The van der Waals surface area contributed by atoms with Gasteiger partial charge in [-0.1, -0.05) is 13.0 Å². The van der Waals surface area contributed by atoms with E-state index < -0.39 is 0 Å². The highest BCUT2D eigenvalue weighted by Gasteiger charge is 2.01. The standard InChI is InChI=1S/C17H24N2O/c1-3-10-18-14(2)6-5-12-20-16-9-8-15-7-4-11-19-17(15)13-16/h4,7-9,11,13-14,18H,3,5-6,10,12H2,1-2H3. The maximum absolute atomic E-state index is 5.80. The van der Waals surface area contributed by atoms with E-state index >= 15 is 0 Å². The van der Waals surface area contributed by atoms with Crippen LogP contribution in [0.2, 0.25) is 0 Å². The molecule has 108 valence electrons. The molecule has 2 rings (SSSR count). The minimum absolute atomic E-state index is 0.567. The first-order valence-electron chi connectivity index (χ1n) is 7.50. The van der Waals surface area contributed by atoms with E-state index in [-0.39, 0.29) is 0 Å². The van der Waals surface area contributed by atoms with Gasteiger partial charge in [0.25, 0.3) is 0 Å². The van der Waals surface area contributed by atoms with Crippen LogP contribution in [0, 0.1) is 0 Å². The van der Waals surface area contributed by atoms with Gasteiger partial charge < -0.3 is 10.1 Å². The number of hydrogen-bond donors (Lipinski definition) is 1. The maximum atomic E-state index is 5.80. The van der Waals surface area contributed by atoms with E-state index in [1.165, 1.54) is 6.42 Å². The molecule has 0 spiro atoms. The van der Waals surface area contributed by atoms with E-state index in [1.807, 2.05) is 24.4 Å². The summed E-state index contributed by atoms with van der Waals surface area (Å²) in [6.07, 6.45) is 5.21. The third-order valence-corrected chi connectivity index (χ3v) is 3.37. The summed E-state index contributed by atoms with van der Waals surface area (Å²) in [7, 11) is 0. The molecule has 0 bridgehead atoms. The Morgan fingerprint density at radius 3 is 3.05 bits per heavy atom. The predicted molar refractivity (Wildman–Crippen MR) is 84.2 cm³/mol. The fourth-order valence-corrected chi connectivity index (χ4v) is 2.21. The fraction of sp³-hybridized carbons (Fsp3) is 0.471. The Morgan fingerprint density at radius 2 is 2.20 bits per heavy atom. The average Bonchev–Trinajstić information content (AvgIpc) is 2.49. The lowest BCUT2D eigenvalue weighted by Gasteiger charge is -2.13. The van der Waals surface area contributed by atoms with E-state index in [9.17, 15) is 0 Å². The first kappa shape index (κ1) is 14.8. The molecule has 0 radical (unpaired) electrons. The highest BCUT2D eigenvalue weighted by Crippen LogP contribution is 2.18. The molecule has 0 aliphatic heterocycles. The Morgan fingerprint density at radius 1 is 1.30 bits per heavy atom. The zero-order valence-electron chi connectivity index (χ0n) is 12.4. The van der Waals surface area contributed by atoms with Crippen LogP contribution in [-0.2, 0) is 0 Å². The normalized spacial score (nSPS) is 12.5. The second-order valence-corrected chi connectivity index (χ2v) is 5.20. The molecule has 2 aromatic rings. The van der Waals surface area contributed by atoms with Crippen LogP contribution in [0.1, 0.15) is 33.1 Å². The summed E-state index contributed by atoms with van der Waals surface area (Å²) in [4.78, 5) is 4.34. The van der Waals surface area contributed by atoms with Crippen LogP contribution in [0.5, 0.6) is 5.75 Å². The molecule has 3 nitrogen and oxygen atoms in total. The van der Waals surface area contributed by atoms with E-state index in [2.05, 4.69) is 36.3 Å². The Kier molecular flexibility index (Phi) is 5.81. The van der Waals surface area contributed by atoms with Gasteiger partial charge in [0.05, 0.1) is 12.1 Å². The first-order valence-corrected chi connectivity index (χ1v) is 7.50. The van der Waals surface area contributed by atoms with Gasteiger partial charge >= 0.3 is 0 Å². The SMILES string of the molecule is CCCNC(C)CCCOc1ccc2cccnc2c1. The molecule has 1 N–H and O–H groups in total. The monoisotopic (exact) mass is 272 g/mol. The van der Waals surface area contributed by atoms with Crippen LogP contribution in [0.25, 0.3) is 10.9 Å². The molecule has 0 saturated heterocycles. The summed E-state index contributed by atoms with van der Waals surface area (Å²) < 4.78 is 5.80. The van der Waals surface area contributed by atoms with Gasteiger partial charge in [-0.05, 0) is 50.9 Å². The van der Waals surface area contributed by atoms with Crippen molar-refractivity contribution in [1.82, 2.24) is 10.3 Å². The minimum atomic E-state index is 0.567. The van der Waals surface area contributed by atoms with Gasteiger partial charge in [0.15, 0.2) is 0 Å². The lowest BCUT2D eigenvalue weighted by atomic mass is 10.2. The molecule has 0 aliphatic carbocycles. The predicted octanol–water partition coefficient (Wildman–Crippen LogP) is 3.78. The highest BCUT2D eigenvalue weighted by atomic mass is 16.5. The number of pyridine rings is 1. The summed E-state index contributed by atoms with van der Waals surface area (Å²) in [5.74, 6) is 0.908. The van der Waals surface area contributed by atoms with Crippen molar-refractivity contribution >= 4 is 10.9 Å². The molecular weight excluding hydrogens is 248 g/mol. The summed E-state index contributed by atoms with van der Waals surface area (Å²) in [6.45, 7) is 6.28. The largest absolute Gasteiger partial charge is 0.494 e. The Hall–Kier alpha value is -1.61. The van der Waals surface area contributed by atoms with Crippen molar-refractivity contribution in [2.24, 2.45) is 0 Å². The highest BCUT2D eigenvalue weighted by molar-refractivity contribution is 5.79. The second kappa shape index (κ2) is 7.85. The molecule has 0 aliphatic rings. The number of fused-ring (bicyclic) bond motifs is 1. The number of ether oxygens (including phenoxy) is 1. The van der Waals surface area contributed by atoms with Crippen molar-refractivity contribution in [3.8, 4) is 5.75 Å². The molecule has 20 heavy (non-hydrogen) atoms. The third-order valence-electron chi connectivity index (χ3n) is 3.37. The molecular formula is C17H24N2O. The van der Waals surface area contributed by atoms with Gasteiger partial charge in [0, 0.05) is 23.7 Å². The van der Waals surface area contributed by atoms with Crippen LogP contribution in [-0.4, -0.2) is 24.2 Å². The Bertz CT molecular complexity index is 527. The Balaban J connectivity index is 1.75.